The molecule has 0 bridgehead atoms. The zero-order valence-corrected chi connectivity index (χ0v) is 12.0. The maximum atomic E-state index is 12.6. The van der Waals surface area contributed by atoms with Gasteiger partial charge in [-0.1, -0.05) is 17.3 Å². The SMILES string of the molecule is NC(=NO)C1CCCCN1C(=O)c1ccccc1Br. The number of oxime groups is 1. The van der Waals surface area contributed by atoms with Crippen LogP contribution in [0.5, 0.6) is 0 Å². The summed E-state index contributed by atoms with van der Waals surface area (Å²) < 4.78 is 0.754. The topological polar surface area (TPSA) is 78.9 Å². The van der Waals surface area contributed by atoms with E-state index in [-0.39, 0.29) is 17.8 Å². The van der Waals surface area contributed by atoms with E-state index in [0.29, 0.717) is 12.1 Å². The van der Waals surface area contributed by atoms with Crippen molar-refractivity contribution in [2.24, 2.45) is 10.9 Å². The third-order valence-corrected chi connectivity index (χ3v) is 4.02. The number of nitrogens with zero attached hydrogens (tertiary/aromatic N) is 2. The molecule has 5 nitrogen and oxygen atoms in total. The Hall–Kier alpha value is -1.56. The van der Waals surface area contributed by atoms with Crippen LogP contribution in [0, 0.1) is 0 Å². The third kappa shape index (κ3) is 2.89. The first-order chi connectivity index (χ1) is 9.15. The molecule has 1 aromatic carbocycles. The standard InChI is InChI=1S/C13H16BrN3O2/c14-10-6-2-1-5-9(10)13(18)17-8-4-3-7-11(17)12(15)16-19/h1-2,5-6,11,19H,3-4,7-8H2,(H2,15,16). The Morgan fingerprint density at radius 3 is 2.84 bits per heavy atom. The van der Waals surface area contributed by atoms with Gasteiger partial charge in [0, 0.05) is 11.0 Å². The number of likely N-dealkylation sites (tertiary alicyclic amines) is 1. The number of nitrogens with two attached hydrogens (primary N) is 1. The Bertz CT molecular complexity index is 504. The van der Waals surface area contributed by atoms with Crippen LogP contribution in [0.1, 0.15) is 29.6 Å². The van der Waals surface area contributed by atoms with Crippen LogP contribution in [-0.4, -0.2) is 34.4 Å². The Morgan fingerprint density at radius 1 is 1.42 bits per heavy atom. The highest BCUT2D eigenvalue weighted by Gasteiger charge is 2.31. The van der Waals surface area contributed by atoms with Crippen LogP contribution in [0.15, 0.2) is 33.9 Å². The van der Waals surface area contributed by atoms with Crippen molar-refractivity contribution in [1.82, 2.24) is 4.90 Å². The molecule has 0 aromatic heterocycles. The molecular weight excluding hydrogens is 310 g/mol. The Kier molecular flexibility index (Phi) is 4.42. The fourth-order valence-corrected chi connectivity index (χ4v) is 2.79. The second-order valence-corrected chi connectivity index (χ2v) is 5.37. The first kappa shape index (κ1) is 13.9. The van der Waals surface area contributed by atoms with E-state index in [1.54, 1.807) is 11.0 Å². The molecular formula is C13H16BrN3O2. The van der Waals surface area contributed by atoms with Crippen molar-refractivity contribution in [1.29, 1.82) is 0 Å². The highest BCUT2D eigenvalue weighted by atomic mass is 79.9. The van der Waals surface area contributed by atoms with Crippen LogP contribution in [0.2, 0.25) is 0 Å². The number of piperidine rings is 1. The van der Waals surface area contributed by atoms with E-state index < -0.39 is 0 Å². The molecule has 102 valence electrons. The molecule has 1 amide bonds. The van der Waals surface area contributed by atoms with Crippen molar-refractivity contribution in [3.05, 3.63) is 34.3 Å². The van der Waals surface area contributed by atoms with Crippen molar-refractivity contribution in [3.8, 4) is 0 Å². The number of hydrogen-bond donors (Lipinski definition) is 2. The van der Waals surface area contributed by atoms with Crippen molar-refractivity contribution in [2.45, 2.75) is 25.3 Å². The van der Waals surface area contributed by atoms with Crippen LogP contribution >= 0.6 is 15.9 Å². The van der Waals surface area contributed by atoms with Crippen LogP contribution in [0.3, 0.4) is 0 Å². The summed E-state index contributed by atoms with van der Waals surface area (Å²) >= 11 is 3.38. The summed E-state index contributed by atoms with van der Waals surface area (Å²) in [4.78, 5) is 14.2. The Labute approximate surface area is 120 Å². The van der Waals surface area contributed by atoms with Crippen LogP contribution < -0.4 is 5.73 Å². The molecule has 0 aliphatic carbocycles. The molecule has 1 aliphatic rings. The molecule has 1 atom stereocenters. The summed E-state index contributed by atoms with van der Waals surface area (Å²) in [6.07, 6.45) is 2.64. The van der Waals surface area contributed by atoms with Crippen LogP contribution in [0.4, 0.5) is 0 Å². The van der Waals surface area contributed by atoms with Gasteiger partial charge in [0.25, 0.3) is 5.91 Å². The summed E-state index contributed by atoms with van der Waals surface area (Å²) in [7, 11) is 0. The molecule has 0 saturated carbocycles. The molecule has 1 fully saturated rings. The van der Waals surface area contributed by atoms with Gasteiger partial charge in [-0.05, 0) is 47.3 Å². The lowest BCUT2D eigenvalue weighted by Gasteiger charge is -2.35. The molecule has 1 heterocycles. The average molecular weight is 326 g/mol. The molecule has 1 aromatic rings. The van der Waals surface area contributed by atoms with Gasteiger partial charge in [-0.15, -0.1) is 0 Å². The van der Waals surface area contributed by atoms with E-state index in [2.05, 4.69) is 21.1 Å². The van der Waals surface area contributed by atoms with Gasteiger partial charge in [0.15, 0.2) is 5.84 Å². The maximum Gasteiger partial charge on any atom is 0.255 e. The fourth-order valence-electron chi connectivity index (χ4n) is 2.34. The van der Waals surface area contributed by atoms with Gasteiger partial charge in [-0.25, -0.2) is 0 Å². The van der Waals surface area contributed by atoms with E-state index in [4.69, 9.17) is 10.9 Å². The smallest absolute Gasteiger partial charge is 0.255 e. The average Bonchev–Trinajstić information content (AvgIpc) is 2.46. The molecule has 19 heavy (non-hydrogen) atoms. The highest BCUT2D eigenvalue weighted by Crippen LogP contribution is 2.23. The predicted octanol–water partition coefficient (Wildman–Crippen LogP) is 2.19. The lowest BCUT2D eigenvalue weighted by Crippen LogP contribution is -2.50. The number of benzene rings is 1. The predicted molar refractivity (Wildman–Crippen MR) is 76.2 cm³/mol. The second-order valence-electron chi connectivity index (χ2n) is 4.51. The van der Waals surface area contributed by atoms with Crippen molar-refractivity contribution < 1.29 is 10.0 Å². The van der Waals surface area contributed by atoms with E-state index in [0.717, 1.165) is 23.7 Å². The number of carbonyl (C=O) groups is 1. The first-order valence-electron chi connectivity index (χ1n) is 6.18. The Balaban J connectivity index is 2.28. The van der Waals surface area contributed by atoms with Gasteiger partial charge < -0.3 is 15.8 Å². The summed E-state index contributed by atoms with van der Waals surface area (Å²) in [5.74, 6) is 0.00359. The summed E-state index contributed by atoms with van der Waals surface area (Å²) in [5.41, 5.74) is 6.28. The van der Waals surface area contributed by atoms with Crippen molar-refractivity contribution in [2.75, 3.05) is 6.54 Å². The maximum absolute atomic E-state index is 12.6. The summed E-state index contributed by atoms with van der Waals surface area (Å²) in [6, 6.07) is 6.96. The van der Waals surface area contributed by atoms with Gasteiger partial charge in [0.2, 0.25) is 0 Å². The monoisotopic (exact) mass is 325 g/mol. The molecule has 1 saturated heterocycles. The van der Waals surface area contributed by atoms with Crippen LogP contribution in [-0.2, 0) is 0 Å². The number of rotatable bonds is 2. The van der Waals surface area contributed by atoms with Gasteiger partial charge in [-0.3, -0.25) is 4.79 Å². The lowest BCUT2D eigenvalue weighted by molar-refractivity contribution is 0.0675. The minimum absolute atomic E-state index is 0.0937. The van der Waals surface area contributed by atoms with E-state index >= 15 is 0 Å². The zero-order valence-electron chi connectivity index (χ0n) is 10.4. The van der Waals surface area contributed by atoms with E-state index in [1.165, 1.54) is 0 Å². The number of amides is 1. The zero-order chi connectivity index (χ0) is 13.8. The first-order valence-corrected chi connectivity index (χ1v) is 6.97. The molecule has 6 heteroatoms. The quantitative estimate of drug-likeness (QED) is 0.378. The minimum atomic E-state index is -0.321. The number of carbonyl (C=O) groups excluding carboxylic acids is 1. The lowest BCUT2D eigenvalue weighted by atomic mass is 10.00. The largest absolute Gasteiger partial charge is 0.409 e. The second kappa shape index (κ2) is 6.06. The molecule has 1 unspecified atom stereocenters. The molecule has 0 spiro atoms. The molecule has 3 N–H and O–H groups in total. The summed E-state index contributed by atoms with van der Waals surface area (Å²) in [6.45, 7) is 0.626. The van der Waals surface area contributed by atoms with Gasteiger partial charge in [0.05, 0.1) is 11.6 Å². The molecule has 2 rings (SSSR count). The van der Waals surface area contributed by atoms with Crippen LogP contribution in [0.25, 0.3) is 0 Å². The highest BCUT2D eigenvalue weighted by molar-refractivity contribution is 9.10. The number of halogens is 1. The summed E-state index contributed by atoms with van der Waals surface area (Å²) in [5, 5.41) is 11.9. The van der Waals surface area contributed by atoms with Gasteiger partial charge in [0.1, 0.15) is 0 Å². The van der Waals surface area contributed by atoms with E-state index in [9.17, 15) is 4.79 Å². The normalized spacial score (nSPS) is 20.4. The third-order valence-electron chi connectivity index (χ3n) is 3.32. The molecule has 0 radical (unpaired) electrons. The van der Waals surface area contributed by atoms with Gasteiger partial charge >= 0.3 is 0 Å². The van der Waals surface area contributed by atoms with Crippen molar-refractivity contribution >= 4 is 27.7 Å². The van der Waals surface area contributed by atoms with Crippen molar-refractivity contribution in [3.63, 3.8) is 0 Å². The van der Waals surface area contributed by atoms with E-state index in [1.807, 2.05) is 18.2 Å². The Morgan fingerprint density at radius 2 is 2.16 bits per heavy atom. The minimum Gasteiger partial charge on any atom is -0.409 e. The number of hydrogen-bond acceptors (Lipinski definition) is 3. The number of amidine groups is 1. The van der Waals surface area contributed by atoms with Gasteiger partial charge in [-0.2, -0.15) is 0 Å². The fraction of sp³-hybridized carbons (Fsp3) is 0.385. The molecule has 1 aliphatic heterocycles.